The molecule has 0 bridgehead atoms. The Morgan fingerprint density at radius 1 is 1.40 bits per heavy atom. The Labute approximate surface area is 153 Å². The number of rotatable bonds is 6. The van der Waals surface area contributed by atoms with E-state index in [0.29, 0.717) is 24.3 Å². The standard InChI is InChI=1S/C17H17BrN4O3/c1-11-14(10-19)16(23)22(7-4-8-25-2)17(24)15(11)21-20-13-6-3-5-12(18)9-13/h3,5-6,9,23H,4,7-8H2,1-2H3. The van der Waals surface area contributed by atoms with Gasteiger partial charge < -0.3 is 9.84 Å². The van der Waals surface area contributed by atoms with Crippen molar-refractivity contribution >= 4 is 27.3 Å². The quantitative estimate of drug-likeness (QED) is 0.581. The van der Waals surface area contributed by atoms with Gasteiger partial charge in [-0.1, -0.05) is 22.0 Å². The molecule has 1 N–H and O–H groups in total. The molecule has 0 fully saturated rings. The van der Waals surface area contributed by atoms with Crippen molar-refractivity contribution in [3.8, 4) is 11.9 Å². The van der Waals surface area contributed by atoms with Crippen molar-refractivity contribution in [2.24, 2.45) is 10.2 Å². The number of pyridine rings is 1. The number of azo groups is 1. The van der Waals surface area contributed by atoms with Crippen LogP contribution in [0.1, 0.15) is 17.5 Å². The normalized spacial score (nSPS) is 11.0. The van der Waals surface area contributed by atoms with Gasteiger partial charge in [-0.15, -0.1) is 5.11 Å². The van der Waals surface area contributed by atoms with Gasteiger partial charge in [-0.25, -0.2) is 0 Å². The second kappa shape index (κ2) is 8.55. The maximum Gasteiger partial charge on any atom is 0.281 e. The Morgan fingerprint density at radius 2 is 2.16 bits per heavy atom. The van der Waals surface area contributed by atoms with Gasteiger partial charge in [-0.05, 0) is 31.5 Å². The van der Waals surface area contributed by atoms with Crippen molar-refractivity contribution < 1.29 is 9.84 Å². The maximum absolute atomic E-state index is 12.7. The fraction of sp³-hybridized carbons (Fsp3) is 0.294. The lowest BCUT2D eigenvalue weighted by Crippen LogP contribution is -2.22. The lowest BCUT2D eigenvalue weighted by molar-refractivity contribution is 0.188. The Hall–Kier alpha value is -2.50. The molecule has 0 aliphatic heterocycles. The van der Waals surface area contributed by atoms with Crippen molar-refractivity contribution in [3.63, 3.8) is 0 Å². The molecule has 2 rings (SSSR count). The van der Waals surface area contributed by atoms with Crippen LogP contribution in [-0.4, -0.2) is 23.4 Å². The van der Waals surface area contributed by atoms with E-state index in [2.05, 4.69) is 26.2 Å². The van der Waals surface area contributed by atoms with Gasteiger partial charge in [0.1, 0.15) is 11.6 Å². The summed E-state index contributed by atoms with van der Waals surface area (Å²) in [5.74, 6) is -0.359. The number of aromatic nitrogens is 1. The molecule has 25 heavy (non-hydrogen) atoms. The second-order valence-electron chi connectivity index (χ2n) is 5.27. The molecule has 0 atom stereocenters. The van der Waals surface area contributed by atoms with Gasteiger partial charge >= 0.3 is 0 Å². The number of ether oxygens (including phenoxy) is 1. The Kier molecular flexibility index (Phi) is 6.44. The summed E-state index contributed by atoms with van der Waals surface area (Å²) >= 11 is 3.34. The molecular formula is C17H17BrN4O3. The SMILES string of the molecule is COCCCn1c(O)c(C#N)c(C)c(N=Nc2cccc(Br)c2)c1=O. The second-order valence-corrected chi connectivity index (χ2v) is 6.18. The molecule has 1 aromatic carbocycles. The first-order chi connectivity index (χ1) is 12.0. The van der Waals surface area contributed by atoms with Crippen LogP contribution < -0.4 is 5.56 Å². The van der Waals surface area contributed by atoms with Crippen molar-refractivity contribution in [1.82, 2.24) is 4.57 Å². The molecule has 0 saturated carbocycles. The highest BCUT2D eigenvalue weighted by Gasteiger charge is 2.18. The van der Waals surface area contributed by atoms with Crippen LogP contribution in [0.15, 0.2) is 43.8 Å². The summed E-state index contributed by atoms with van der Waals surface area (Å²) in [6, 6.07) is 9.06. The van der Waals surface area contributed by atoms with Crippen LogP contribution in [-0.2, 0) is 11.3 Å². The average molecular weight is 405 g/mol. The molecule has 0 unspecified atom stereocenters. The third-order valence-corrected chi connectivity index (χ3v) is 4.07. The highest BCUT2D eigenvalue weighted by Crippen LogP contribution is 2.27. The molecule has 7 nitrogen and oxygen atoms in total. The smallest absolute Gasteiger partial charge is 0.281 e. The molecule has 0 spiro atoms. The molecule has 2 aromatic rings. The fourth-order valence-corrected chi connectivity index (χ4v) is 2.66. The van der Waals surface area contributed by atoms with E-state index in [9.17, 15) is 15.2 Å². The molecular weight excluding hydrogens is 388 g/mol. The van der Waals surface area contributed by atoms with Crippen molar-refractivity contribution in [1.29, 1.82) is 5.26 Å². The predicted molar refractivity (Wildman–Crippen MR) is 96.6 cm³/mol. The minimum atomic E-state index is -0.496. The van der Waals surface area contributed by atoms with E-state index >= 15 is 0 Å². The highest BCUT2D eigenvalue weighted by atomic mass is 79.9. The minimum Gasteiger partial charge on any atom is -0.493 e. The van der Waals surface area contributed by atoms with Gasteiger partial charge in [0.15, 0.2) is 5.69 Å². The van der Waals surface area contributed by atoms with Crippen LogP contribution in [0, 0.1) is 18.3 Å². The summed E-state index contributed by atoms with van der Waals surface area (Å²) in [5.41, 5.74) is 0.410. The maximum atomic E-state index is 12.7. The molecule has 0 radical (unpaired) electrons. The monoisotopic (exact) mass is 404 g/mol. The summed E-state index contributed by atoms with van der Waals surface area (Å²) in [7, 11) is 1.55. The lowest BCUT2D eigenvalue weighted by Gasteiger charge is -2.12. The first kappa shape index (κ1) is 18.8. The summed E-state index contributed by atoms with van der Waals surface area (Å²) < 4.78 is 6.92. The van der Waals surface area contributed by atoms with Gasteiger partial charge in [0.2, 0.25) is 5.88 Å². The van der Waals surface area contributed by atoms with Crippen molar-refractivity contribution in [2.75, 3.05) is 13.7 Å². The van der Waals surface area contributed by atoms with Gasteiger partial charge in [-0.2, -0.15) is 10.4 Å². The number of aromatic hydroxyl groups is 1. The average Bonchev–Trinajstić information content (AvgIpc) is 2.58. The zero-order valence-electron chi connectivity index (χ0n) is 13.9. The number of methoxy groups -OCH3 is 1. The largest absolute Gasteiger partial charge is 0.493 e. The van der Waals surface area contributed by atoms with Gasteiger partial charge in [0.25, 0.3) is 5.56 Å². The first-order valence-electron chi connectivity index (χ1n) is 7.52. The topological polar surface area (TPSA) is 100.0 Å². The number of nitrogens with zero attached hydrogens (tertiary/aromatic N) is 4. The van der Waals surface area contributed by atoms with Crippen LogP contribution in [0.3, 0.4) is 0 Å². The van der Waals surface area contributed by atoms with E-state index in [1.165, 1.54) is 0 Å². The number of nitriles is 1. The minimum absolute atomic E-state index is 0.0141. The van der Waals surface area contributed by atoms with Crippen LogP contribution in [0.25, 0.3) is 0 Å². The third kappa shape index (κ3) is 4.32. The summed E-state index contributed by atoms with van der Waals surface area (Å²) in [6.07, 6.45) is 0.514. The van der Waals surface area contributed by atoms with E-state index in [0.717, 1.165) is 9.04 Å². The molecule has 0 aliphatic carbocycles. The first-order valence-corrected chi connectivity index (χ1v) is 8.31. The lowest BCUT2D eigenvalue weighted by atomic mass is 10.1. The molecule has 130 valence electrons. The molecule has 0 aliphatic rings. The van der Waals surface area contributed by atoms with E-state index in [1.54, 1.807) is 32.2 Å². The van der Waals surface area contributed by atoms with Crippen LogP contribution in [0.2, 0.25) is 0 Å². The van der Waals surface area contributed by atoms with E-state index in [4.69, 9.17) is 4.74 Å². The summed E-state index contributed by atoms with van der Waals surface area (Å²) in [5, 5.41) is 27.6. The highest BCUT2D eigenvalue weighted by molar-refractivity contribution is 9.10. The molecule has 1 heterocycles. The fourth-order valence-electron chi connectivity index (χ4n) is 2.28. The Morgan fingerprint density at radius 3 is 2.80 bits per heavy atom. The van der Waals surface area contributed by atoms with Gasteiger partial charge in [0.05, 0.1) is 5.69 Å². The van der Waals surface area contributed by atoms with Crippen LogP contribution in [0.5, 0.6) is 5.88 Å². The Bertz CT molecular complexity index is 900. The Balaban J connectivity index is 2.51. The molecule has 8 heteroatoms. The van der Waals surface area contributed by atoms with Crippen molar-refractivity contribution in [2.45, 2.75) is 19.9 Å². The van der Waals surface area contributed by atoms with Crippen LogP contribution in [0.4, 0.5) is 11.4 Å². The third-order valence-electron chi connectivity index (χ3n) is 3.57. The number of benzene rings is 1. The van der Waals surface area contributed by atoms with E-state index in [-0.39, 0.29) is 23.7 Å². The van der Waals surface area contributed by atoms with E-state index in [1.807, 2.05) is 12.1 Å². The number of hydrogen-bond acceptors (Lipinski definition) is 6. The van der Waals surface area contributed by atoms with Crippen LogP contribution >= 0.6 is 15.9 Å². The zero-order valence-corrected chi connectivity index (χ0v) is 15.4. The van der Waals surface area contributed by atoms with E-state index < -0.39 is 5.56 Å². The molecule has 1 aromatic heterocycles. The van der Waals surface area contributed by atoms with Crippen molar-refractivity contribution in [3.05, 3.63) is 50.2 Å². The number of halogens is 1. The zero-order chi connectivity index (χ0) is 18.4. The summed E-state index contributed by atoms with van der Waals surface area (Å²) in [4.78, 5) is 12.7. The molecule has 0 saturated heterocycles. The molecule has 0 amide bonds. The summed E-state index contributed by atoms with van der Waals surface area (Å²) in [6.45, 7) is 2.21. The predicted octanol–water partition coefficient (Wildman–Crippen LogP) is 3.95. The number of hydrogen-bond donors (Lipinski definition) is 1. The van der Waals surface area contributed by atoms with Gasteiger partial charge in [0, 0.05) is 30.3 Å². The van der Waals surface area contributed by atoms with Gasteiger partial charge in [-0.3, -0.25) is 9.36 Å².